The number of hydrazone groups is 1. The fourth-order valence-corrected chi connectivity index (χ4v) is 3.14. The largest absolute Gasteiger partial charge is 0.490 e. The lowest BCUT2D eigenvalue weighted by Gasteiger charge is -2.12. The van der Waals surface area contributed by atoms with E-state index in [1.807, 2.05) is 50.2 Å². The average molecular weight is 439 g/mol. The average Bonchev–Trinajstić information content (AvgIpc) is 2.96. The molecule has 1 heterocycles. The molecule has 1 aliphatic heterocycles. The molecule has 142 valence electrons. The van der Waals surface area contributed by atoms with Crippen LogP contribution in [0.1, 0.15) is 19.4 Å². The van der Waals surface area contributed by atoms with Crippen molar-refractivity contribution in [3.05, 3.63) is 58.1 Å². The van der Waals surface area contributed by atoms with Gasteiger partial charge in [0.1, 0.15) is 6.61 Å². The van der Waals surface area contributed by atoms with Gasteiger partial charge in [-0.15, -0.1) is 6.42 Å². The van der Waals surface area contributed by atoms with E-state index in [9.17, 15) is 4.79 Å². The molecule has 0 unspecified atom stereocenters. The van der Waals surface area contributed by atoms with Crippen LogP contribution in [0.3, 0.4) is 0 Å². The van der Waals surface area contributed by atoms with Crippen molar-refractivity contribution in [2.75, 3.05) is 18.2 Å². The number of ether oxygens (including phenoxy) is 2. The van der Waals surface area contributed by atoms with Crippen molar-refractivity contribution < 1.29 is 14.3 Å². The highest BCUT2D eigenvalue weighted by molar-refractivity contribution is 9.10. The van der Waals surface area contributed by atoms with Crippen LogP contribution in [-0.4, -0.2) is 24.8 Å². The lowest BCUT2D eigenvalue weighted by molar-refractivity contribution is -0.114. The van der Waals surface area contributed by atoms with Crippen molar-refractivity contribution in [1.29, 1.82) is 0 Å². The zero-order valence-corrected chi connectivity index (χ0v) is 17.2. The van der Waals surface area contributed by atoms with Crippen molar-refractivity contribution in [3.8, 4) is 23.8 Å². The number of carbonyl (C=O) groups is 1. The maximum Gasteiger partial charge on any atom is 0.280 e. The zero-order chi connectivity index (χ0) is 20.1. The van der Waals surface area contributed by atoms with Crippen molar-refractivity contribution >= 4 is 39.3 Å². The van der Waals surface area contributed by atoms with Crippen molar-refractivity contribution in [1.82, 2.24) is 0 Å². The molecule has 2 aromatic carbocycles. The Bertz CT molecular complexity index is 1010. The fourth-order valence-electron chi connectivity index (χ4n) is 2.76. The summed E-state index contributed by atoms with van der Waals surface area (Å²) in [4.78, 5) is 12.9. The second-order valence-corrected chi connectivity index (χ2v) is 6.89. The molecule has 0 N–H and O–H groups in total. The van der Waals surface area contributed by atoms with Gasteiger partial charge in [-0.1, -0.05) is 34.0 Å². The van der Waals surface area contributed by atoms with Crippen LogP contribution in [-0.2, 0) is 4.79 Å². The highest BCUT2D eigenvalue weighted by atomic mass is 79.9. The van der Waals surface area contributed by atoms with Crippen LogP contribution in [0.5, 0.6) is 11.5 Å². The molecular formula is C22H19BrN2O3. The second kappa shape index (κ2) is 8.77. The molecular weight excluding hydrogens is 420 g/mol. The van der Waals surface area contributed by atoms with E-state index >= 15 is 0 Å². The molecule has 0 spiro atoms. The van der Waals surface area contributed by atoms with Crippen molar-refractivity contribution in [2.45, 2.75) is 13.8 Å². The molecule has 5 nitrogen and oxygen atoms in total. The van der Waals surface area contributed by atoms with Crippen LogP contribution in [0.2, 0.25) is 0 Å². The van der Waals surface area contributed by atoms with Crippen molar-refractivity contribution in [3.63, 3.8) is 0 Å². The Balaban J connectivity index is 1.91. The molecule has 0 aliphatic carbocycles. The Kier molecular flexibility index (Phi) is 6.17. The van der Waals surface area contributed by atoms with Gasteiger partial charge in [0.05, 0.1) is 23.6 Å². The molecule has 0 radical (unpaired) electrons. The predicted octanol–water partition coefficient (Wildman–Crippen LogP) is 4.67. The molecule has 1 aliphatic rings. The number of hydrogen-bond acceptors (Lipinski definition) is 4. The van der Waals surface area contributed by atoms with Crippen LogP contribution >= 0.6 is 15.9 Å². The first-order chi connectivity index (χ1) is 13.5. The van der Waals surface area contributed by atoms with Crippen LogP contribution in [0.4, 0.5) is 5.69 Å². The molecule has 0 saturated heterocycles. The molecule has 1 amide bonds. The zero-order valence-electron chi connectivity index (χ0n) is 15.6. The van der Waals surface area contributed by atoms with Crippen LogP contribution in [0.25, 0.3) is 6.08 Å². The number of hydrogen-bond donors (Lipinski definition) is 0. The third kappa shape index (κ3) is 4.26. The SMILES string of the molecule is C#CCOc1ccc(/C=C2/C(=O)N(c3cccc(Br)c3)N=C2C)cc1OCC. The molecule has 3 rings (SSSR count). The first-order valence-corrected chi connectivity index (χ1v) is 9.53. The van der Waals surface area contributed by atoms with E-state index in [-0.39, 0.29) is 12.5 Å². The maximum atomic E-state index is 12.9. The number of anilines is 1. The summed E-state index contributed by atoms with van der Waals surface area (Å²) in [7, 11) is 0. The second-order valence-electron chi connectivity index (χ2n) is 5.97. The monoisotopic (exact) mass is 438 g/mol. The number of benzene rings is 2. The van der Waals surface area contributed by atoms with Gasteiger partial charge >= 0.3 is 0 Å². The van der Waals surface area contributed by atoms with E-state index < -0.39 is 0 Å². The van der Waals surface area contributed by atoms with Crippen molar-refractivity contribution in [2.24, 2.45) is 5.10 Å². The molecule has 28 heavy (non-hydrogen) atoms. The van der Waals surface area contributed by atoms with Crippen LogP contribution < -0.4 is 14.5 Å². The summed E-state index contributed by atoms with van der Waals surface area (Å²) in [6.07, 6.45) is 7.05. The first-order valence-electron chi connectivity index (χ1n) is 8.74. The Labute approximate surface area is 172 Å². The standard InChI is InChI=1S/C22H19BrN2O3/c1-4-11-28-20-10-9-16(13-21(20)27-5-2)12-19-15(3)24-25(22(19)26)18-8-6-7-17(23)14-18/h1,6-10,12-14H,5,11H2,2-3H3/b19-12+. The van der Waals surface area contributed by atoms with E-state index in [0.29, 0.717) is 35.1 Å². The van der Waals surface area contributed by atoms with E-state index in [0.717, 1.165) is 10.0 Å². The summed E-state index contributed by atoms with van der Waals surface area (Å²) in [5, 5.41) is 5.81. The molecule has 0 atom stereocenters. The third-order valence-corrected chi connectivity index (χ3v) is 4.50. The molecule has 0 bridgehead atoms. The van der Waals surface area contributed by atoms with Gasteiger partial charge in [-0.25, -0.2) is 0 Å². The van der Waals surface area contributed by atoms with Crippen LogP contribution in [0, 0.1) is 12.3 Å². The third-order valence-electron chi connectivity index (χ3n) is 4.00. The van der Waals surface area contributed by atoms with Gasteiger partial charge in [0.15, 0.2) is 11.5 Å². The quantitative estimate of drug-likeness (QED) is 0.486. The number of nitrogens with zero attached hydrogens (tertiary/aromatic N) is 2. The summed E-state index contributed by atoms with van der Waals surface area (Å²) >= 11 is 3.42. The number of amides is 1. The molecule has 0 saturated carbocycles. The number of carbonyl (C=O) groups excluding carboxylic acids is 1. The Morgan fingerprint density at radius 3 is 2.75 bits per heavy atom. The van der Waals surface area contributed by atoms with E-state index in [2.05, 4.69) is 27.0 Å². The molecule has 2 aromatic rings. The van der Waals surface area contributed by atoms with Gasteiger partial charge in [-0.05, 0) is 55.8 Å². The fraction of sp³-hybridized carbons (Fsp3) is 0.182. The number of rotatable bonds is 6. The first kappa shape index (κ1) is 19.7. The smallest absolute Gasteiger partial charge is 0.280 e. The summed E-state index contributed by atoms with van der Waals surface area (Å²) in [6, 6.07) is 12.9. The Morgan fingerprint density at radius 2 is 2.04 bits per heavy atom. The lowest BCUT2D eigenvalue weighted by Crippen LogP contribution is -2.21. The summed E-state index contributed by atoms with van der Waals surface area (Å²) < 4.78 is 12.0. The van der Waals surface area contributed by atoms with Gasteiger partial charge in [-0.3, -0.25) is 4.79 Å². The van der Waals surface area contributed by atoms with Crippen LogP contribution in [0.15, 0.2) is 57.6 Å². The van der Waals surface area contributed by atoms with Gasteiger partial charge in [0, 0.05) is 4.47 Å². The topological polar surface area (TPSA) is 51.1 Å². The highest BCUT2D eigenvalue weighted by Crippen LogP contribution is 2.31. The highest BCUT2D eigenvalue weighted by Gasteiger charge is 2.28. The Morgan fingerprint density at radius 1 is 1.21 bits per heavy atom. The van der Waals surface area contributed by atoms with E-state index in [1.54, 1.807) is 12.1 Å². The maximum absolute atomic E-state index is 12.9. The minimum absolute atomic E-state index is 0.159. The van der Waals surface area contributed by atoms with Gasteiger partial charge in [-0.2, -0.15) is 10.1 Å². The number of halogens is 1. The van der Waals surface area contributed by atoms with E-state index in [4.69, 9.17) is 15.9 Å². The summed E-state index contributed by atoms with van der Waals surface area (Å²) in [5.41, 5.74) is 2.69. The normalized spacial score (nSPS) is 14.8. The van der Waals surface area contributed by atoms with E-state index in [1.165, 1.54) is 5.01 Å². The molecule has 0 fully saturated rings. The van der Waals surface area contributed by atoms with Gasteiger partial charge in [0.25, 0.3) is 5.91 Å². The Hall–Kier alpha value is -3.04. The van der Waals surface area contributed by atoms with Gasteiger partial charge < -0.3 is 9.47 Å². The number of terminal acetylenes is 1. The summed E-state index contributed by atoms with van der Waals surface area (Å²) in [5.74, 6) is 3.41. The minimum atomic E-state index is -0.179. The minimum Gasteiger partial charge on any atom is -0.490 e. The molecule has 0 aromatic heterocycles. The van der Waals surface area contributed by atoms with Gasteiger partial charge in [0.2, 0.25) is 0 Å². The summed E-state index contributed by atoms with van der Waals surface area (Å²) in [6.45, 7) is 4.35. The predicted molar refractivity (Wildman–Crippen MR) is 115 cm³/mol. The lowest BCUT2D eigenvalue weighted by atomic mass is 10.1. The molecule has 6 heteroatoms.